The molecule has 0 bridgehead atoms. The summed E-state index contributed by atoms with van der Waals surface area (Å²) in [5.41, 5.74) is 3.76. The molecular formula is C21H23FN2O. The first-order chi connectivity index (χ1) is 12.2. The molecule has 0 unspecified atom stereocenters. The van der Waals surface area contributed by atoms with Crippen LogP contribution in [-0.2, 0) is 24.2 Å². The molecule has 2 aliphatic rings. The summed E-state index contributed by atoms with van der Waals surface area (Å²) in [6, 6.07) is 15.3. The van der Waals surface area contributed by atoms with E-state index in [2.05, 4.69) is 29.2 Å². The fraction of sp³-hybridized carbons (Fsp3) is 0.381. The molecule has 1 saturated heterocycles. The number of amides is 1. The average Bonchev–Trinajstić information content (AvgIpc) is 3.13. The predicted octanol–water partition coefficient (Wildman–Crippen LogP) is 3.03. The molecule has 1 amide bonds. The van der Waals surface area contributed by atoms with E-state index >= 15 is 0 Å². The van der Waals surface area contributed by atoms with Crippen molar-refractivity contribution in [2.45, 2.75) is 31.8 Å². The minimum Gasteiger partial charge on any atom is -0.341 e. The van der Waals surface area contributed by atoms with Crippen molar-refractivity contribution in [1.82, 2.24) is 9.80 Å². The summed E-state index contributed by atoms with van der Waals surface area (Å²) in [6.45, 7) is 3.69. The molecule has 2 aromatic carbocycles. The predicted molar refractivity (Wildman–Crippen MR) is 95.6 cm³/mol. The van der Waals surface area contributed by atoms with Gasteiger partial charge in [-0.3, -0.25) is 9.69 Å². The van der Waals surface area contributed by atoms with Crippen LogP contribution in [0, 0.1) is 5.82 Å². The number of rotatable bonds is 3. The fourth-order valence-electron chi connectivity index (χ4n) is 3.98. The van der Waals surface area contributed by atoms with Crippen molar-refractivity contribution in [1.29, 1.82) is 0 Å². The number of nitrogens with zero attached hydrogens (tertiary/aromatic N) is 2. The Balaban J connectivity index is 1.35. The Morgan fingerprint density at radius 1 is 1.04 bits per heavy atom. The van der Waals surface area contributed by atoms with Crippen molar-refractivity contribution in [3.63, 3.8) is 0 Å². The highest BCUT2D eigenvalue weighted by Gasteiger charge is 2.31. The molecule has 0 N–H and O–H groups in total. The Hall–Kier alpha value is -2.20. The third-order valence-electron chi connectivity index (χ3n) is 5.46. The van der Waals surface area contributed by atoms with Crippen LogP contribution in [0.3, 0.4) is 0 Å². The maximum Gasteiger partial charge on any atom is 0.227 e. The first-order valence-electron chi connectivity index (χ1n) is 9.02. The van der Waals surface area contributed by atoms with Crippen LogP contribution in [0.5, 0.6) is 0 Å². The first kappa shape index (κ1) is 16.3. The van der Waals surface area contributed by atoms with Gasteiger partial charge in [-0.05, 0) is 41.7 Å². The van der Waals surface area contributed by atoms with Gasteiger partial charge in [-0.15, -0.1) is 0 Å². The Morgan fingerprint density at radius 3 is 2.60 bits per heavy atom. The summed E-state index contributed by atoms with van der Waals surface area (Å²) in [6.07, 6.45) is 2.49. The van der Waals surface area contributed by atoms with Crippen molar-refractivity contribution in [2.75, 3.05) is 19.6 Å². The van der Waals surface area contributed by atoms with Crippen molar-refractivity contribution < 1.29 is 9.18 Å². The third kappa shape index (κ3) is 3.59. The van der Waals surface area contributed by atoms with Gasteiger partial charge in [0.25, 0.3) is 0 Å². The monoisotopic (exact) mass is 338 g/mol. The Labute approximate surface area is 148 Å². The van der Waals surface area contributed by atoms with Crippen LogP contribution >= 0.6 is 0 Å². The lowest BCUT2D eigenvalue weighted by Gasteiger charge is -2.33. The SMILES string of the molecule is O=C(Cc1ccc(F)cc1)N1CC[C@@H](N2CCc3ccccc3C2)C1. The van der Waals surface area contributed by atoms with Crippen molar-refractivity contribution in [3.8, 4) is 0 Å². The van der Waals surface area contributed by atoms with Gasteiger partial charge in [-0.2, -0.15) is 0 Å². The van der Waals surface area contributed by atoms with Crippen LogP contribution in [-0.4, -0.2) is 41.4 Å². The first-order valence-corrected chi connectivity index (χ1v) is 9.02. The van der Waals surface area contributed by atoms with E-state index in [1.807, 2.05) is 4.90 Å². The van der Waals surface area contributed by atoms with Crippen LogP contribution in [0.15, 0.2) is 48.5 Å². The topological polar surface area (TPSA) is 23.6 Å². The molecular weight excluding hydrogens is 315 g/mol. The molecule has 2 aliphatic heterocycles. The number of carbonyl (C=O) groups is 1. The molecule has 0 aliphatic carbocycles. The minimum atomic E-state index is -0.261. The lowest BCUT2D eigenvalue weighted by atomic mass is 9.98. The van der Waals surface area contributed by atoms with Crippen LogP contribution in [0.4, 0.5) is 4.39 Å². The molecule has 130 valence electrons. The Bertz CT molecular complexity index is 759. The Morgan fingerprint density at radius 2 is 1.80 bits per heavy atom. The van der Waals surface area contributed by atoms with Gasteiger partial charge in [0.1, 0.15) is 5.82 Å². The van der Waals surface area contributed by atoms with Crippen molar-refractivity contribution >= 4 is 5.91 Å². The summed E-state index contributed by atoms with van der Waals surface area (Å²) < 4.78 is 13.0. The quantitative estimate of drug-likeness (QED) is 0.859. The van der Waals surface area contributed by atoms with Gasteiger partial charge in [0.15, 0.2) is 0 Å². The van der Waals surface area contributed by atoms with Gasteiger partial charge in [0, 0.05) is 32.2 Å². The number of fused-ring (bicyclic) bond motifs is 1. The highest BCUT2D eigenvalue weighted by atomic mass is 19.1. The molecule has 0 spiro atoms. The molecule has 0 aromatic heterocycles. The fourth-order valence-corrected chi connectivity index (χ4v) is 3.98. The van der Waals surface area contributed by atoms with E-state index in [9.17, 15) is 9.18 Å². The van der Waals surface area contributed by atoms with Crippen molar-refractivity contribution in [3.05, 3.63) is 71.0 Å². The van der Waals surface area contributed by atoms with Crippen molar-refractivity contribution in [2.24, 2.45) is 0 Å². The van der Waals surface area contributed by atoms with E-state index in [0.717, 1.165) is 44.6 Å². The molecule has 2 aromatic rings. The van der Waals surface area contributed by atoms with Crippen LogP contribution < -0.4 is 0 Å². The molecule has 2 heterocycles. The summed E-state index contributed by atoms with van der Waals surface area (Å²) in [4.78, 5) is 17.0. The largest absolute Gasteiger partial charge is 0.341 e. The standard InChI is InChI=1S/C21H23FN2O/c22-19-7-5-16(6-8-19)13-21(25)24-12-10-20(15-24)23-11-9-17-3-1-2-4-18(17)14-23/h1-8,20H,9-15H2/t20-/m1/s1. The summed E-state index contributed by atoms with van der Waals surface area (Å²) in [5.74, 6) is -0.116. The molecule has 25 heavy (non-hydrogen) atoms. The molecule has 0 radical (unpaired) electrons. The molecule has 3 nitrogen and oxygen atoms in total. The van der Waals surface area contributed by atoms with E-state index in [4.69, 9.17) is 0 Å². The number of carbonyl (C=O) groups excluding carboxylic acids is 1. The lowest BCUT2D eigenvalue weighted by Crippen LogP contribution is -2.41. The van der Waals surface area contributed by atoms with E-state index in [0.29, 0.717) is 12.5 Å². The second kappa shape index (κ2) is 6.96. The van der Waals surface area contributed by atoms with Gasteiger partial charge in [0.2, 0.25) is 5.91 Å². The number of halogens is 1. The lowest BCUT2D eigenvalue weighted by molar-refractivity contribution is -0.129. The van der Waals surface area contributed by atoms with Gasteiger partial charge >= 0.3 is 0 Å². The summed E-state index contributed by atoms with van der Waals surface area (Å²) in [5, 5.41) is 0. The molecule has 4 heteroatoms. The summed E-state index contributed by atoms with van der Waals surface area (Å²) in [7, 11) is 0. The van der Waals surface area contributed by atoms with E-state index in [1.54, 1.807) is 12.1 Å². The second-order valence-electron chi connectivity index (χ2n) is 7.07. The van der Waals surface area contributed by atoms with Crippen LogP contribution in [0.1, 0.15) is 23.1 Å². The molecule has 4 rings (SSSR count). The number of benzene rings is 2. The third-order valence-corrected chi connectivity index (χ3v) is 5.46. The number of likely N-dealkylation sites (tertiary alicyclic amines) is 1. The zero-order chi connectivity index (χ0) is 17.2. The second-order valence-corrected chi connectivity index (χ2v) is 7.07. The van der Waals surface area contributed by atoms with Crippen LogP contribution in [0.2, 0.25) is 0 Å². The highest BCUT2D eigenvalue weighted by Crippen LogP contribution is 2.24. The maximum absolute atomic E-state index is 13.0. The molecule has 1 atom stereocenters. The van der Waals surface area contributed by atoms with Gasteiger partial charge in [0.05, 0.1) is 6.42 Å². The number of hydrogen-bond acceptors (Lipinski definition) is 2. The van der Waals surface area contributed by atoms with Gasteiger partial charge < -0.3 is 4.90 Å². The minimum absolute atomic E-state index is 0.145. The number of hydrogen-bond donors (Lipinski definition) is 0. The zero-order valence-corrected chi connectivity index (χ0v) is 14.3. The maximum atomic E-state index is 13.0. The van der Waals surface area contributed by atoms with E-state index < -0.39 is 0 Å². The molecule has 0 saturated carbocycles. The van der Waals surface area contributed by atoms with E-state index in [1.165, 1.54) is 23.3 Å². The van der Waals surface area contributed by atoms with Gasteiger partial charge in [-0.25, -0.2) is 4.39 Å². The smallest absolute Gasteiger partial charge is 0.227 e. The Kier molecular flexibility index (Phi) is 4.53. The molecule has 1 fully saturated rings. The van der Waals surface area contributed by atoms with E-state index in [-0.39, 0.29) is 11.7 Å². The highest BCUT2D eigenvalue weighted by molar-refractivity contribution is 5.79. The van der Waals surface area contributed by atoms with Crippen LogP contribution in [0.25, 0.3) is 0 Å². The summed E-state index contributed by atoms with van der Waals surface area (Å²) >= 11 is 0. The normalized spacial score (nSPS) is 20.5. The zero-order valence-electron chi connectivity index (χ0n) is 14.3. The average molecular weight is 338 g/mol. The van der Waals surface area contributed by atoms with Gasteiger partial charge in [-0.1, -0.05) is 36.4 Å².